The predicted octanol–water partition coefficient (Wildman–Crippen LogP) is 2.63. The summed E-state index contributed by atoms with van der Waals surface area (Å²) in [7, 11) is 4.69. The zero-order valence-electron chi connectivity index (χ0n) is 19.8. The smallest absolute Gasteiger partial charge is 0.381 e. The van der Waals surface area contributed by atoms with Crippen molar-refractivity contribution in [2.45, 2.75) is 43.2 Å². The first kappa shape index (κ1) is 23.7. The lowest BCUT2D eigenvalue weighted by molar-refractivity contribution is -0.137. The fourth-order valence-corrected chi connectivity index (χ4v) is 6.21. The molecule has 1 N–H and O–H groups in total. The highest BCUT2D eigenvalue weighted by Gasteiger charge is 2.47. The van der Waals surface area contributed by atoms with Crippen molar-refractivity contribution in [1.82, 2.24) is 15.1 Å². The Kier molecular flexibility index (Phi) is 6.40. The normalized spacial score (nSPS) is 26.5. The van der Waals surface area contributed by atoms with Crippen molar-refractivity contribution >= 4 is 21.5 Å². The van der Waals surface area contributed by atoms with Crippen molar-refractivity contribution in [3.8, 4) is 11.3 Å². The van der Waals surface area contributed by atoms with Crippen molar-refractivity contribution in [1.29, 1.82) is 0 Å². The number of hydrogen-bond acceptors (Lipinski definition) is 5. The molecule has 5 rings (SSSR count). The van der Waals surface area contributed by atoms with Gasteiger partial charge in [0.05, 0.1) is 5.69 Å². The van der Waals surface area contributed by atoms with Crippen LogP contribution in [0.2, 0.25) is 0 Å². The Morgan fingerprint density at radius 1 is 0.971 bits per heavy atom. The second-order valence-electron chi connectivity index (χ2n) is 10.6. The number of ether oxygens (including phenoxy) is 1. The molecule has 0 radical (unpaired) electrons. The number of hydrogen-bond donors (Lipinski definition) is 1. The van der Waals surface area contributed by atoms with E-state index >= 15 is 0 Å². The number of alkyl halides is 3. The minimum atomic E-state index is -4.50. The summed E-state index contributed by atoms with van der Waals surface area (Å²) >= 11 is 0. The molecule has 1 saturated carbocycles. The maximum atomic E-state index is 13.9. The zero-order valence-corrected chi connectivity index (χ0v) is 19.8. The molecule has 5 nitrogen and oxygen atoms in total. The number of rotatable bonds is 5. The predicted molar refractivity (Wildman–Crippen MR) is 131 cm³/mol. The van der Waals surface area contributed by atoms with Gasteiger partial charge in [-0.15, -0.1) is 10.2 Å². The number of likely N-dealkylation sites (tertiary alicyclic amines) is 1. The van der Waals surface area contributed by atoms with Gasteiger partial charge in [0.15, 0.2) is 5.82 Å². The molecule has 180 valence electrons. The molecule has 0 amide bonds. The van der Waals surface area contributed by atoms with E-state index in [1.807, 2.05) is 6.07 Å². The average molecular weight is 470 g/mol. The standard InChI is InChI=1S/C24H31B2F3N4O/c25-23(26,18-6-8-34-9-7-18)33-13-16-10-19(11-17(16)14-33)30-22-20(24(27,28)29)12-21(31-32-22)15-4-2-1-3-5-15/h1-5,12,16-19H,6-11,13-14,25-26H2,(H,30,32)/t16-,17+,19+. The largest absolute Gasteiger partial charge is 0.420 e. The zero-order chi connectivity index (χ0) is 23.9. The van der Waals surface area contributed by atoms with Gasteiger partial charge in [0.2, 0.25) is 0 Å². The number of fused-ring (bicyclic) bond motifs is 1. The van der Waals surface area contributed by atoms with E-state index in [1.165, 1.54) is 0 Å². The summed E-state index contributed by atoms with van der Waals surface area (Å²) in [5.41, 5.74) is 0.100. The Balaban J connectivity index is 1.26. The van der Waals surface area contributed by atoms with Gasteiger partial charge in [-0.05, 0) is 54.8 Å². The minimum Gasteiger partial charge on any atom is -0.381 e. The Hall–Kier alpha value is -2.06. The number of anilines is 1. The van der Waals surface area contributed by atoms with E-state index in [2.05, 4.69) is 36.1 Å². The van der Waals surface area contributed by atoms with Gasteiger partial charge < -0.3 is 15.0 Å². The van der Waals surface area contributed by atoms with Crippen LogP contribution in [0.15, 0.2) is 36.4 Å². The van der Waals surface area contributed by atoms with Crippen LogP contribution in [0.5, 0.6) is 0 Å². The maximum Gasteiger partial charge on any atom is 0.420 e. The second kappa shape index (κ2) is 9.19. The van der Waals surface area contributed by atoms with E-state index in [4.69, 9.17) is 4.74 Å². The van der Waals surface area contributed by atoms with E-state index in [0.717, 1.165) is 58.1 Å². The van der Waals surface area contributed by atoms with Crippen molar-refractivity contribution in [2.75, 3.05) is 31.6 Å². The van der Waals surface area contributed by atoms with Crippen LogP contribution in [0, 0.1) is 17.8 Å². The third-order valence-corrected chi connectivity index (χ3v) is 8.30. The molecule has 0 unspecified atom stereocenters. The van der Waals surface area contributed by atoms with Gasteiger partial charge in [0.1, 0.15) is 21.3 Å². The molecular formula is C24H31B2F3N4O. The van der Waals surface area contributed by atoms with Gasteiger partial charge >= 0.3 is 6.18 Å². The molecule has 3 heterocycles. The van der Waals surface area contributed by atoms with E-state index in [9.17, 15) is 13.2 Å². The van der Waals surface area contributed by atoms with Crippen LogP contribution in [-0.4, -0.2) is 68.5 Å². The first-order valence-electron chi connectivity index (χ1n) is 12.3. The Morgan fingerprint density at radius 3 is 2.24 bits per heavy atom. The molecule has 1 aromatic heterocycles. The summed E-state index contributed by atoms with van der Waals surface area (Å²) in [4.78, 5) is 2.62. The molecule has 10 heteroatoms. The maximum absolute atomic E-state index is 13.9. The molecule has 2 aromatic rings. The van der Waals surface area contributed by atoms with E-state index in [0.29, 0.717) is 23.3 Å². The molecule has 3 fully saturated rings. The molecule has 1 aromatic carbocycles. The third kappa shape index (κ3) is 4.71. The monoisotopic (exact) mass is 470 g/mol. The summed E-state index contributed by atoms with van der Waals surface area (Å²) in [5.74, 6) is 1.48. The van der Waals surface area contributed by atoms with Crippen LogP contribution >= 0.6 is 0 Å². The van der Waals surface area contributed by atoms with Gasteiger partial charge in [-0.25, -0.2) is 0 Å². The number of halogens is 3. The SMILES string of the molecule is BC(B)(C1CCOCC1)N1C[C@H]2C[C@H](Nc3nnc(-c4ccccc4)cc3C(F)(F)F)C[C@H]2C1. The molecule has 34 heavy (non-hydrogen) atoms. The molecule has 1 aliphatic carbocycles. The lowest BCUT2D eigenvalue weighted by Crippen LogP contribution is -2.56. The lowest BCUT2D eigenvalue weighted by atomic mass is 9.52. The van der Waals surface area contributed by atoms with Crippen LogP contribution in [0.1, 0.15) is 31.2 Å². The second-order valence-corrected chi connectivity index (χ2v) is 10.6. The van der Waals surface area contributed by atoms with Crippen LogP contribution in [0.4, 0.5) is 19.0 Å². The van der Waals surface area contributed by atoms with Crippen LogP contribution in [0.3, 0.4) is 0 Å². The minimum absolute atomic E-state index is 0.0127. The number of aromatic nitrogens is 2. The van der Waals surface area contributed by atoms with Gasteiger partial charge in [-0.2, -0.15) is 13.2 Å². The molecular weight excluding hydrogens is 439 g/mol. The summed E-state index contributed by atoms with van der Waals surface area (Å²) in [6.45, 7) is 3.70. The van der Waals surface area contributed by atoms with Crippen molar-refractivity contribution in [3.63, 3.8) is 0 Å². The molecule has 3 aliphatic rings. The molecule has 3 atom stereocenters. The van der Waals surface area contributed by atoms with Crippen molar-refractivity contribution in [3.05, 3.63) is 42.0 Å². The Morgan fingerprint density at radius 2 is 1.62 bits per heavy atom. The molecule has 2 aliphatic heterocycles. The summed E-state index contributed by atoms with van der Waals surface area (Å²) in [6, 6.07) is 9.95. The fraction of sp³-hybridized carbons (Fsp3) is 0.583. The third-order valence-electron chi connectivity index (χ3n) is 8.30. The number of nitrogens with one attached hydrogen (secondary N) is 1. The Bertz CT molecular complexity index is 987. The van der Waals surface area contributed by atoms with Gasteiger partial charge in [0.25, 0.3) is 0 Å². The van der Waals surface area contributed by atoms with Crippen LogP contribution in [0.25, 0.3) is 11.3 Å². The number of benzene rings is 1. The van der Waals surface area contributed by atoms with Crippen molar-refractivity contribution in [2.24, 2.45) is 17.8 Å². The first-order chi connectivity index (χ1) is 16.2. The van der Waals surface area contributed by atoms with Crippen LogP contribution in [-0.2, 0) is 10.9 Å². The first-order valence-corrected chi connectivity index (χ1v) is 12.3. The molecule has 0 bridgehead atoms. The quantitative estimate of drug-likeness (QED) is 0.682. The topological polar surface area (TPSA) is 50.3 Å². The van der Waals surface area contributed by atoms with Crippen LogP contribution < -0.4 is 5.32 Å². The number of nitrogens with zero attached hydrogens (tertiary/aromatic N) is 3. The average Bonchev–Trinajstić information content (AvgIpc) is 3.39. The highest BCUT2D eigenvalue weighted by molar-refractivity contribution is 6.40. The summed E-state index contributed by atoms with van der Waals surface area (Å²) in [5, 5.41) is 11.3. The highest BCUT2D eigenvalue weighted by atomic mass is 19.4. The van der Waals surface area contributed by atoms with E-state index in [1.54, 1.807) is 24.3 Å². The van der Waals surface area contributed by atoms with Gasteiger partial charge in [-0.3, -0.25) is 0 Å². The lowest BCUT2D eigenvalue weighted by Gasteiger charge is -2.45. The summed E-state index contributed by atoms with van der Waals surface area (Å²) in [6.07, 6.45) is -0.572. The van der Waals surface area contributed by atoms with E-state index in [-0.39, 0.29) is 22.9 Å². The van der Waals surface area contributed by atoms with Gasteiger partial charge in [-0.1, -0.05) is 30.3 Å². The Labute approximate surface area is 200 Å². The molecule has 0 spiro atoms. The van der Waals surface area contributed by atoms with Gasteiger partial charge in [0, 0.05) is 37.9 Å². The summed E-state index contributed by atoms with van der Waals surface area (Å²) < 4.78 is 47.2. The van der Waals surface area contributed by atoms with E-state index < -0.39 is 11.7 Å². The van der Waals surface area contributed by atoms with Crippen molar-refractivity contribution < 1.29 is 17.9 Å². The highest BCUT2D eigenvalue weighted by Crippen LogP contribution is 2.44. The fourth-order valence-electron chi connectivity index (χ4n) is 6.21. The molecule has 2 saturated heterocycles.